The van der Waals surface area contributed by atoms with Gasteiger partial charge >= 0.3 is 5.97 Å². The van der Waals surface area contributed by atoms with Crippen LogP contribution in [0.1, 0.15) is 50.1 Å². The molecular formula is C12H18ClNO2. The van der Waals surface area contributed by atoms with Crippen LogP contribution >= 0.6 is 11.6 Å². The van der Waals surface area contributed by atoms with Crippen LogP contribution in [0, 0.1) is 0 Å². The fourth-order valence-corrected chi connectivity index (χ4v) is 1.63. The monoisotopic (exact) mass is 243 g/mol. The lowest BCUT2D eigenvalue weighted by atomic mass is 10.3. The number of esters is 1. The molecule has 0 aliphatic heterocycles. The number of hydrogen-bond donors (Lipinski definition) is 0. The molecule has 0 saturated heterocycles. The maximum atomic E-state index is 11.8. The van der Waals surface area contributed by atoms with Gasteiger partial charge in [-0.2, -0.15) is 0 Å². The van der Waals surface area contributed by atoms with Crippen LogP contribution in [0.3, 0.4) is 0 Å². The Labute approximate surface area is 101 Å². The van der Waals surface area contributed by atoms with Crippen molar-refractivity contribution in [1.82, 2.24) is 4.57 Å². The van der Waals surface area contributed by atoms with E-state index in [9.17, 15) is 4.79 Å². The van der Waals surface area contributed by atoms with Crippen LogP contribution in [0.5, 0.6) is 0 Å². The zero-order valence-corrected chi connectivity index (χ0v) is 10.8. The van der Waals surface area contributed by atoms with Crippen molar-refractivity contribution in [3.63, 3.8) is 0 Å². The summed E-state index contributed by atoms with van der Waals surface area (Å²) < 4.78 is 6.98. The minimum absolute atomic E-state index is 0.196. The summed E-state index contributed by atoms with van der Waals surface area (Å²) in [6.45, 7) is 6.52. The molecule has 0 aromatic carbocycles. The standard InChI is InChI=1S/C12H18ClNO2/c1-4-5-6-16-12(15)11-7-10(13)8-14(11)9(2)3/h7-9H,4-6H2,1-3H3. The molecule has 1 rings (SSSR count). The van der Waals surface area contributed by atoms with Gasteiger partial charge in [-0.05, 0) is 26.3 Å². The van der Waals surface area contributed by atoms with Crippen molar-refractivity contribution in [2.75, 3.05) is 6.61 Å². The molecule has 1 aromatic heterocycles. The van der Waals surface area contributed by atoms with Crippen LogP contribution in [-0.4, -0.2) is 17.1 Å². The number of rotatable bonds is 5. The molecule has 1 aromatic rings. The lowest BCUT2D eigenvalue weighted by Crippen LogP contribution is -2.13. The second kappa shape index (κ2) is 5.94. The summed E-state index contributed by atoms with van der Waals surface area (Å²) in [7, 11) is 0. The summed E-state index contributed by atoms with van der Waals surface area (Å²) in [5.41, 5.74) is 0.524. The Hall–Kier alpha value is -0.960. The van der Waals surface area contributed by atoms with E-state index in [-0.39, 0.29) is 12.0 Å². The lowest BCUT2D eigenvalue weighted by Gasteiger charge is -2.11. The Morgan fingerprint density at radius 2 is 2.25 bits per heavy atom. The van der Waals surface area contributed by atoms with Gasteiger partial charge in [0.2, 0.25) is 0 Å². The lowest BCUT2D eigenvalue weighted by molar-refractivity contribution is 0.0485. The van der Waals surface area contributed by atoms with Crippen LogP contribution in [0.15, 0.2) is 12.3 Å². The zero-order chi connectivity index (χ0) is 12.1. The Bertz CT molecular complexity index is 358. The number of ether oxygens (including phenoxy) is 1. The smallest absolute Gasteiger partial charge is 0.355 e. The van der Waals surface area contributed by atoms with Crippen LogP contribution in [0.4, 0.5) is 0 Å². The third kappa shape index (κ3) is 3.27. The van der Waals surface area contributed by atoms with E-state index in [1.807, 2.05) is 18.4 Å². The number of aromatic nitrogens is 1. The van der Waals surface area contributed by atoms with Crippen molar-refractivity contribution in [3.8, 4) is 0 Å². The number of carbonyl (C=O) groups excluding carboxylic acids is 1. The highest BCUT2D eigenvalue weighted by atomic mass is 35.5. The van der Waals surface area contributed by atoms with Crippen LogP contribution < -0.4 is 0 Å². The van der Waals surface area contributed by atoms with E-state index in [1.165, 1.54) is 0 Å². The topological polar surface area (TPSA) is 31.2 Å². The van der Waals surface area contributed by atoms with Gasteiger partial charge in [-0.15, -0.1) is 0 Å². The number of hydrogen-bond acceptors (Lipinski definition) is 2. The number of halogens is 1. The average Bonchev–Trinajstić information content (AvgIpc) is 2.61. The predicted octanol–water partition coefficient (Wildman–Crippen LogP) is 3.68. The molecule has 0 unspecified atom stereocenters. The van der Waals surface area contributed by atoms with Gasteiger partial charge in [-0.1, -0.05) is 24.9 Å². The van der Waals surface area contributed by atoms with Gasteiger partial charge in [0.15, 0.2) is 0 Å². The molecule has 0 aliphatic rings. The molecule has 0 aliphatic carbocycles. The quantitative estimate of drug-likeness (QED) is 0.584. The first-order valence-electron chi connectivity index (χ1n) is 5.60. The molecule has 0 atom stereocenters. The number of unbranched alkanes of at least 4 members (excludes halogenated alkanes) is 1. The van der Waals surface area contributed by atoms with E-state index >= 15 is 0 Å². The second-order valence-corrected chi connectivity index (χ2v) is 4.47. The van der Waals surface area contributed by atoms with Crippen LogP contribution in [0.25, 0.3) is 0 Å². The van der Waals surface area contributed by atoms with E-state index in [1.54, 1.807) is 12.3 Å². The largest absolute Gasteiger partial charge is 0.461 e. The average molecular weight is 244 g/mol. The molecule has 16 heavy (non-hydrogen) atoms. The van der Waals surface area contributed by atoms with Gasteiger partial charge < -0.3 is 9.30 Å². The van der Waals surface area contributed by atoms with Gasteiger partial charge in [0.05, 0.1) is 11.6 Å². The summed E-state index contributed by atoms with van der Waals surface area (Å²) >= 11 is 5.89. The van der Waals surface area contributed by atoms with E-state index in [0.717, 1.165) is 12.8 Å². The summed E-state index contributed by atoms with van der Waals surface area (Å²) in [4.78, 5) is 11.8. The van der Waals surface area contributed by atoms with Crippen molar-refractivity contribution in [3.05, 3.63) is 23.0 Å². The molecule has 4 heteroatoms. The molecular weight excluding hydrogens is 226 g/mol. The minimum atomic E-state index is -0.297. The predicted molar refractivity (Wildman–Crippen MR) is 65.0 cm³/mol. The molecule has 1 heterocycles. The van der Waals surface area contributed by atoms with Gasteiger partial charge in [0.25, 0.3) is 0 Å². The highest BCUT2D eigenvalue weighted by molar-refractivity contribution is 6.31. The van der Waals surface area contributed by atoms with Crippen molar-refractivity contribution in [2.24, 2.45) is 0 Å². The summed E-state index contributed by atoms with van der Waals surface area (Å²) in [5.74, 6) is -0.297. The molecule has 3 nitrogen and oxygen atoms in total. The minimum Gasteiger partial charge on any atom is -0.461 e. The SMILES string of the molecule is CCCCOC(=O)c1cc(Cl)cn1C(C)C. The molecule has 0 N–H and O–H groups in total. The fraction of sp³-hybridized carbons (Fsp3) is 0.583. The highest BCUT2D eigenvalue weighted by Crippen LogP contribution is 2.19. The summed E-state index contributed by atoms with van der Waals surface area (Å²) in [6.07, 6.45) is 3.66. The van der Waals surface area contributed by atoms with Crippen molar-refractivity contribution >= 4 is 17.6 Å². The Morgan fingerprint density at radius 1 is 1.56 bits per heavy atom. The summed E-state index contributed by atoms with van der Waals surface area (Å²) in [5, 5.41) is 0.566. The molecule has 0 saturated carbocycles. The molecule has 0 fully saturated rings. The molecule has 0 spiro atoms. The number of carbonyl (C=O) groups is 1. The van der Waals surface area contributed by atoms with E-state index in [4.69, 9.17) is 16.3 Å². The van der Waals surface area contributed by atoms with Crippen LogP contribution in [-0.2, 0) is 4.74 Å². The van der Waals surface area contributed by atoms with Crippen molar-refractivity contribution < 1.29 is 9.53 Å². The third-order valence-electron chi connectivity index (χ3n) is 2.31. The second-order valence-electron chi connectivity index (χ2n) is 4.03. The van der Waals surface area contributed by atoms with E-state index < -0.39 is 0 Å². The van der Waals surface area contributed by atoms with E-state index in [0.29, 0.717) is 17.3 Å². The first-order chi connectivity index (χ1) is 7.56. The van der Waals surface area contributed by atoms with Crippen LogP contribution in [0.2, 0.25) is 5.02 Å². The first kappa shape index (κ1) is 13.1. The van der Waals surface area contributed by atoms with Crippen molar-refractivity contribution in [1.29, 1.82) is 0 Å². The molecule has 0 bridgehead atoms. The third-order valence-corrected chi connectivity index (χ3v) is 2.52. The van der Waals surface area contributed by atoms with E-state index in [2.05, 4.69) is 6.92 Å². The highest BCUT2D eigenvalue weighted by Gasteiger charge is 2.15. The van der Waals surface area contributed by atoms with Crippen molar-refractivity contribution in [2.45, 2.75) is 39.7 Å². The first-order valence-corrected chi connectivity index (χ1v) is 5.98. The van der Waals surface area contributed by atoms with Gasteiger partial charge in [-0.3, -0.25) is 0 Å². The zero-order valence-electron chi connectivity index (χ0n) is 10.00. The molecule has 0 radical (unpaired) electrons. The Balaban J connectivity index is 2.74. The summed E-state index contributed by atoms with van der Waals surface area (Å²) in [6, 6.07) is 1.84. The Morgan fingerprint density at radius 3 is 2.81 bits per heavy atom. The Kier molecular flexibility index (Phi) is 4.87. The van der Waals surface area contributed by atoms with Gasteiger partial charge in [0.1, 0.15) is 5.69 Å². The maximum Gasteiger partial charge on any atom is 0.355 e. The van der Waals surface area contributed by atoms with Gasteiger partial charge in [0, 0.05) is 12.2 Å². The molecule has 0 amide bonds. The van der Waals surface area contributed by atoms with Gasteiger partial charge in [-0.25, -0.2) is 4.79 Å². The number of nitrogens with zero attached hydrogens (tertiary/aromatic N) is 1. The fourth-order valence-electron chi connectivity index (χ4n) is 1.42. The maximum absolute atomic E-state index is 11.8. The molecule has 90 valence electrons. The normalized spacial score (nSPS) is 10.8.